The quantitative estimate of drug-likeness (QED) is 0.438. The standard InChI is InChI=1S/C23H22N4O2S/c1-14-24-18(13-30-14)12-29-19-7-3-6-16(10-19)23(28)25-17-8-9-20-21(11-17)27-22(26-20)15-4-2-5-15/h3,6-11,13,15H,2,4-5,12H2,1H3,(H,25,28)(H,26,27). The van der Waals surface area contributed by atoms with Gasteiger partial charge < -0.3 is 15.0 Å². The highest BCUT2D eigenvalue weighted by atomic mass is 32.1. The van der Waals surface area contributed by atoms with E-state index in [4.69, 9.17) is 4.74 Å². The second kappa shape index (κ2) is 7.91. The molecule has 0 saturated heterocycles. The molecule has 7 heteroatoms. The number of imidazole rings is 1. The predicted molar refractivity (Wildman–Crippen MR) is 118 cm³/mol. The Morgan fingerprint density at radius 2 is 2.13 bits per heavy atom. The number of ether oxygens (including phenoxy) is 1. The molecule has 0 radical (unpaired) electrons. The number of carbonyl (C=O) groups is 1. The summed E-state index contributed by atoms with van der Waals surface area (Å²) in [5, 5.41) is 5.96. The van der Waals surface area contributed by atoms with Crippen LogP contribution in [-0.2, 0) is 6.61 Å². The summed E-state index contributed by atoms with van der Waals surface area (Å²) in [4.78, 5) is 25.2. The average Bonchev–Trinajstić information content (AvgIpc) is 3.30. The summed E-state index contributed by atoms with van der Waals surface area (Å²) in [6, 6.07) is 13.0. The molecule has 2 aromatic heterocycles. The fraction of sp³-hybridized carbons (Fsp3) is 0.261. The Hall–Kier alpha value is -3.19. The van der Waals surface area contributed by atoms with E-state index in [9.17, 15) is 4.79 Å². The van der Waals surface area contributed by atoms with Gasteiger partial charge in [0.25, 0.3) is 5.91 Å². The normalized spacial score (nSPS) is 13.9. The number of aromatic nitrogens is 3. The minimum Gasteiger partial charge on any atom is -0.487 e. The zero-order valence-corrected chi connectivity index (χ0v) is 17.5. The Morgan fingerprint density at radius 3 is 2.90 bits per heavy atom. The second-order valence-corrected chi connectivity index (χ2v) is 8.67. The number of benzene rings is 2. The first kappa shape index (κ1) is 18.8. The van der Waals surface area contributed by atoms with Crippen LogP contribution < -0.4 is 10.1 Å². The molecule has 2 aromatic carbocycles. The third kappa shape index (κ3) is 3.93. The van der Waals surface area contributed by atoms with Gasteiger partial charge in [0, 0.05) is 22.5 Å². The molecule has 1 amide bonds. The van der Waals surface area contributed by atoms with E-state index in [1.165, 1.54) is 19.3 Å². The molecule has 152 valence electrons. The number of hydrogen-bond acceptors (Lipinski definition) is 5. The molecule has 6 nitrogen and oxygen atoms in total. The van der Waals surface area contributed by atoms with Crippen LogP contribution in [0.5, 0.6) is 5.75 Å². The maximum Gasteiger partial charge on any atom is 0.255 e. The number of hydrogen-bond donors (Lipinski definition) is 2. The molecule has 0 spiro atoms. The van der Waals surface area contributed by atoms with Crippen LogP contribution in [0.2, 0.25) is 0 Å². The van der Waals surface area contributed by atoms with Crippen molar-refractivity contribution in [2.24, 2.45) is 0 Å². The summed E-state index contributed by atoms with van der Waals surface area (Å²) in [7, 11) is 0. The van der Waals surface area contributed by atoms with E-state index in [1.807, 2.05) is 42.6 Å². The number of nitrogens with one attached hydrogen (secondary N) is 2. The molecular weight excluding hydrogens is 396 g/mol. The van der Waals surface area contributed by atoms with Gasteiger partial charge in [-0.1, -0.05) is 12.5 Å². The monoisotopic (exact) mass is 418 g/mol. The number of carbonyl (C=O) groups excluding carboxylic acids is 1. The number of nitrogens with zero attached hydrogens (tertiary/aromatic N) is 2. The zero-order valence-electron chi connectivity index (χ0n) is 16.6. The lowest BCUT2D eigenvalue weighted by atomic mass is 9.85. The highest BCUT2D eigenvalue weighted by Crippen LogP contribution is 2.35. The smallest absolute Gasteiger partial charge is 0.255 e. The van der Waals surface area contributed by atoms with E-state index in [1.54, 1.807) is 23.5 Å². The number of fused-ring (bicyclic) bond motifs is 1. The topological polar surface area (TPSA) is 79.9 Å². The van der Waals surface area contributed by atoms with Gasteiger partial charge in [-0.15, -0.1) is 11.3 Å². The molecule has 2 N–H and O–H groups in total. The summed E-state index contributed by atoms with van der Waals surface area (Å²) >= 11 is 1.59. The SMILES string of the molecule is Cc1nc(COc2cccc(C(=O)Nc3ccc4nc(C5CCC5)[nH]c4c3)c2)cs1. The van der Waals surface area contributed by atoms with E-state index >= 15 is 0 Å². The zero-order chi connectivity index (χ0) is 20.5. The van der Waals surface area contributed by atoms with E-state index < -0.39 is 0 Å². The van der Waals surface area contributed by atoms with Crippen molar-refractivity contribution in [1.82, 2.24) is 15.0 Å². The molecule has 0 aliphatic heterocycles. The molecule has 2 heterocycles. The first-order valence-corrected chi connectivity index (χ1v) is 11.0. The van der Waals surface area contributed by atoms with Crippen LogP contribution in [0.15, 0.2) is 47.8 Å². The van der Waals surface area contributed by atoms with E-state index in [-0.39, 0.29) is 5.91 Å². The van der Waals surface area contributed by atoms with Gasteiger partial charge in [-0.25, -0.2) is 9.97 Å². The van der Waals surface area contributed by atoms with Crippen molar-refractivity contribution in [2.45, 2.75) is 38.7 Å². The maximum atomic E-state index is 12.7. The lowest BCUT2D eigenvalue weighted by Gasteiger charge is -2.22. The van der Waals surface area contributed by atoms with E-state index in [0.717, 1.165) is 33.2 Å². The molecule has 0 unspecified atom stereocenters. The van der Waals surface area contributed by atoms with Crippen molar-refractivity contribution < 1.29 is 9.53 Å². The molecule has 30 heavy (non-hydrogen) atoms. The molecular formula is C23H22N4O2S. The van der Waals surface area contributed by atoms with Gasteiger partial charge in [0.2, 0.25) is 0 Å². The number of H-pyrrole nitrogens is 1. The van der Waals surface area contributed by atoms with Crippen molar-refractivity contribution in [3.63, 3.8) is 0 Å². The largest absolute Gasteiger partial charge is 0.487 e. The second-order valence-electron chi connectivity index (χ2n) is 7.61. The summed E-state index contributed by atoms with van der Waals surface area (Å²) in [5.74, 6) is 2.07. The Labute approximate surface area is 178 Å². The number of amides is 1. The molecule has 1 aliphatic rings. The molecule has 0 bridgehead atoms. The van der Waals surface area contributed by atoms with Gasteiger partial charge >= 0.3 is 0 Å². The van der Waals surface area contributed by atoms with Crippen molar-refractivity contribution in [2.75, 3.05) is 5.32 Å². The lowest BCUT2D eigenvalue weighted by Crippen LogP contribution is -2.12. The first-order valence-electron chi connectivity index (χ1n) is 10.1. The Balaban J connectivity index is 1.27. The molecule has 1 fully saturated rings. The van der Waals surface area contributed by atoms with Crippen LogP contribution in [0.4, 0.5) is 5.69 Å². The van der Waals surface area contributed by atoms with Crippen LogP contribution in [0.25, 0.3) is 11.0 Å². The van der Waals surface area contributed by atoms with Gasteiger partial charge in [-0.2, -0.15) is 0 Å². The summed E-state index contributed by atoms with van der Waals surface area (Å²) < 4.78 is 5.80. The van der Waals surface area contributed by atoms with Gasteiger partial charge in [-0.05, 0) is 56.2 Å². The van der Waals surface area contributed by atoms with Crippen LogP contribution in [0, 0.1) is 6.92 Å². The Kier molecular flexibility index (Phi) is 4.96. The van der Waals surface area contributed by atoms with Gasteiger partial charge in [0.15, 0.2) is 0 Å². The predicted octanol–water partition coefficient (Wildman–Crippen LogP) is 5.43. The minimum absolute atomic E-state index is 0.178. The van der Waals surface area contributed by atoms with E-state index in [2.05, 4.69) is 20.3 Å². The van der Waals surface area contributed by atoms with Crippen molar-refractivity contribution in [3.05, 3.63) is 69.9 Å². The number of aryl methyl sites for hydroxylation is 1. The van der Waals surface area contributed by atoms with Crippen LogP contribution in [0.3, 0.4) is 0 Å². The number of rotatable bonds is 6. The van der Waals surface area contributed by atoms with Crippen LogP contribution in [-0.4, -0.2) is 20.9 Å². The minimum atomic E-state index is -0.178. The Bertz CT molecular complexity index is 1210. The van der Waals surface area contributed by atoms with Gasteiger partial charge in [0.1, 0.15) is 18.2 Å². The number of aromatic amines is 1. The molecule has 0 atom stereocenters. The van der Waals surface area contributed by atoms with Crippen LogP contribution >= 0.6 is 11.3 Å². The van der Waals surface area contributed by atoms with Crippen molar-refractivity contribution >= 4 is 34.0 Å². The van der Waals surface area contributed by atoms with Crippen LogP contribution in [0.1, 0.15) is 52.1 Å². The number of anilines is 1. The van der Waals surface area contributed by atoms with E-state index in [0.29, 0.717) is 23.8 Å². The average molecular weight is 419 g/mol. The third-order valence-corrected chi connectivity index (χ3v) is 6.22. The fourth-order valence-electron chi connectivity index (χ4n) is 3.54. The summed E-state index contributed by atoms with van der Waals surface area (Å²) in [5.41, 5.74) is 4.05. The highest BCUT2D eigenvalue weighted by Gasteiger charge is 2.22. The lowest BCUT2D eigenvalue weighted by molar-refractivity contribution is 0.102. The fourth-order valence-corrected chi connectivity index (χ4v) is 4.14. The Morgan fingerprint density at radius 1 is 1.23 bits per heavy atom. The maximum absolute atomic E-state index is 12.7. The summed E-state index contributed by atoms with van der Waals surface area (Å²) in [6.07, 6.45) is 3.67. The van der Waals surface area contributed by atoms with Gasteiger partial charge in [0.05, 0.1) is 21.7 Å². The molecule has 5 rings (SSSR count). The first-order chi connectivity index (χ1) is 14.6. The number of thiazole rings is 1. The summed E-state index contributed by atoms with van der Waals surface area (Å²) in [6.45, 7) is 2.35. The molecule has 4 aromatic rings. The van der Waals surface area contributed by atoms with Crippen molar-refractivity contribution in [1.29, 1.82) is 0 Å². The molecule has 1 saturated carbocycles. The molecule has 1 aliphatic carbocycles. The third-order valence-electron chi connectivity index (χ3n) is 5.40. The highest BCUT2D eigenvalue weighted by molar-refractivity contribution is 7.09. The van der Waals surface area contributed by atoms with Crippen molar-refractivity contribution in [3.8, 4) is 5.75 Å². The van der Waals surface area contributed by atoms with Gasteiger partial charge in [-0.3, -0.25) is 4.79 Å².